The zero-order valence-corrected chi connectivity index (χ0v) is 18.4. The highest BCUT2D eigenvalue weighted by atomic mass is 127. The number of aryl methyl sites for hydroxylation is 1. The lowest BCUT2D eigenvalue weighted by Crippen LogP contribution is -2.32. The molecule has 0 saturated carbocycles. The highest BCUT2D eigenvalue weighted by Crippen LogP contribution is 2.22. The maximum atomic E-state index is 12.9. The van der Waals surface area contributed by atoms with Gasteiger partial charge in [-0.2, -0.15) is 4.31 Å². The monoisotopic (exact) mass is 499 g/mol. The van der Waals surface area contributed by atoms with Gasteiger partial charge in [0.05, 0.1) is 4.90 Å². The molecule has 0 radical (unpaired) electrons. The summed E-state index contributed by atoms with van der Waals surface area (Å²) in [6.07, 6.45) is 3.69. The van der Waals surface area contributed by atoms with Crippen molar-refractivity contribution >= 4 is 44.4 Å². The third kappa shape index (κ3) is 6.26. The van der Waals surface area contributed by atoms with Crippen molar-refractivity contribution in [2.45, 2.75) is 16.7 Å². The molecule has 138 valence electrons. The number of sulfonamides is 1. The lowest BCUT2D eigenvalue weighted by molar-refractivity contribution is 0.473. The van der Waals surface area contributed by atoms with Gasteiger partial charge in [-0.1, -0.05) is 48.0 Å². The molecule has 0 unspecified atom stereocenters. The van der Waals surface area contributed by atoms with E-state index in [4.69, 9.17) is 0 Å². The zero-order valence-electron chi connectivity index (χ0n) is 14.6. The molecule has 0 heterocycles. The first kappa shape index (κ1) is 21.2. The van der Waals surface area contributed by atoms with Gasteiger partial charge in [-0.15, -0.1) is 18.3 Å². The Kier molecular flexibility index (Phi) is 8.40. The van der Waals surface area contributed by atoms with Crippen molar-refractivity contribution in [3.05, 3.63) is 82.5 Å². The second kappa shape index (κ2) is 10.3. The Labute approximate surface area is 174 Å². The summed E-state index contributed by atoms with van der Waals surface area (Å²) in [5, 5.41) is 0. The standard InChI is InChI=1S/C20H22INO2S2/c1-3-14-22(26(23,24)20-11-9-17(2)10-12-20)16-18(21)13-15-25-19-7-5-4-6-8-19/h3-13H,1,14-16H2,2H3/b18-13-. The predicted molar refractivity (Wildman–Crippen MR) is 119 cm³/mol. The number of hydrogen-bond donors (Lipinski definition) is 0. The largest absolute Gasteiger partial charge is 0.243 e. The van der Waals surface area contributed by atoms with E-state index in [0.717, 1.165) is 14.9 Å². The van der Waals surface area contributed by atoms with Gasteiger partial charge in [0.1, 0.15) is 0 Å². The molecule has 0 spiro atoms. The van der Waals surface area contributed by atoms with E-state index in [1.807, 2.05) is 37.3 Å². The molecule has 0 saturated heterocycles. The molecule has 0 aliphatic heterocycles. The van der Waals surface area contributed by atoms with E-state index in [9.17, 15) is 8.42 Å². The molecular weight excluding hydrogens is 477 g/mol. The molecule has 0 aromatic heterocycles. The van der Waals surface area contributed by atoms with Crippen LogP contribution in [0.1, 0.15) is 5.56 Å². The summed E-state index contributed by atoms with van der Waals surface area (Å²) in [5.74, 6) is 0.800. The molecule has 0 N–H and O–H groups in total. The Morgan fingerprint density at radius 3 is 2.42 bits per heavy atom. The van der Waals surface area contributed by atoms with Gasteiger partial charge < -0.3 is 0 Å². The minimum Gasteiger partial charge on any atom is -0.207 e. The third-order valence-electron chi connectivity index (χ3n) is 3.62. The van der Waals surface area contributed by atoms with Crippen LogP contribution in [-0.2, 0) is 10.0 Å². The molecule has 3 nitrogen and oxygen atoms in total. The Morgan fingerprint density at radius 2 is 1.81 bits per heavy atom. The van der Waals surface area contributed by atoms with E-state index < -0.39 is 10.0 Å². The second-order valence-corrected chi connectivity index (χ2v) is 10.1. The van der Waals surface area contributed by atoms with Crippen LogP contribution in [-0.4, -0.2) is 31.6 Å². The summed E-state index contributed by atoms with van der Waals surface area (Å²) in [7, 11) is -3.54. The summed E-state index contributed by atoms with van der Waals surface area (Å²) < 4.78 is 28.3. The van der Waals surface area contributed by atoms with Crippen LogP contribution < -0.4 is 0 Å². The Bertz CT molecular complexity index is 847. The minimum absolute atomic E-state index is 0.280. The first-order valence-electron chi connectivity index (χ1n) is 8.13. The van der Waals surface area contributed by atoms with Crippen molar-refractivity contribution in [3.63, 3.8) is 0 Å². The maximum absolute atomic E-state index is 12.9. The molecule has 0 amide bonds. The van der Waals surface area contributed by atoms with E-state index in [1.54, 1.807) is 30.0 Å². The molecular formula is C20H22INO2S2. The van der Waals surface area contributed by atoms with Crippen molar-refractivity contribution in [2.75, 3.05) is 18.8 Å². The van der Waals surface area contributed by atoms with Crippen molar-refractivity contribution < 1.29 is 8.42 Å². The SMILES string of the molecule is C=CCN(C/C(I)=C/CSc1ccccc1)S(=O)(=O)c1ccc(C)cc1. The van der Waals surface area contributed by atoms with Crippen molar-refractivity contribution in [3.8, 4) is 0 Å². The number of halogens is 1. The number of hydrogen-bond acceptors (Lipinski definition) is 3. The first-order chi connectivity index (χ1) is 12.4. The first-order valence-corrected chi connectivity index (χ1v) is 11.6. The molecule has 6 heteroatoms. The van der Waals surface area contributed by atoms with Gasteiger partial charge in [0.2, 0.25) is 10.0 Å². The van der Waals surface area contributed by atoms with Crippen molar-refractivity contribution in [1.82, 2.24) is 4.31 Å². The molecule has 0 fully saturated rings. The smallest absolute Gasteiger partial charge is 0.207 e. The fourth-order valence-corrected chi connectivity index (χ4v) is 5.61. The molecule has 2 aromatic carbocycles. The number of nitrogens with zero attached hydrogens (tertiary/aromatic N) is 1. The van der Waals surface area contributed by atoms with Gasteiger partial charge in [-0.3, -0.25) is 0 Å². The molecule has 26 heavy (non-hydrogen) atoms. The summed E-state index contributed by atoms with van der Waals surface area (Å²) in [6.45, 7) is 6.26. The number of rotatable bonds is 9. The van der Waals surface area contributed by atoms with Gasteiger partial charge in [0, 0.05) is 27.3 Å². The zero-order chi connectivity index (χ0) is 19.0. The van der Waals surface area contributed by atoms with Crippen LogP contribution >= 0.6 is 34.4 Å². The number of thioether (sulfide) groups is 1. The van der Waals surface area contributed by atoms with Crippen LogP contribution in [0.3, 0.4) is 0 Å². The predicted octanol–water partition coefficient (Wildman–Crippen LogP) is 5.28. The van der Waals surface area contributed by atoms with Crippen LogP contribution in [0, 0.1) is 6.92 Å². The molecule has 0 bridgehead atoms. The van der Waals surface area contributed by atoms with Gasteiger partial charge in [-0.25, -0.2) is 8.42 Å². The molecule has 0 atom stereocenters. The van der Waals surface area contributed by atoms with E-state index in [0.29, 0.717) is 11.4 Å². The Balaban J connectivity index is 2.07. The molecule has 2 aromatic rings. The quantitative estimate of drug-likeness (QED) is 0.268. The summed E-state index contributed by atoms with van der Waals surface area (Å²) in [5.41, 5.74) is 1.03. The fourth-order valence-electron chi connectivity index (χ4n) is 2.23. The molecule has 0 aliphatic rings. The normalized spacial score (nSPS) is 12.3. The fraction of sp³-hybridized carbons (Fsp3) is 0.200. The topological polar surface area (TPSA) is 37.4 Å². The average Bonchev–Trinajstić information content (AvgIpc) is 2.62. The van der Waals surface area contributed by atoms with Crippen molar-refractivity contribution in [1.29, 1.82) is 0 Å². The number of benzene rings is 2. The van der Waals surface area contributed by atoms with Crippen LogP contribution in [0.15, 0.2) is 86.7 Å². The Morgan fingerprint density at radius 1 is 1.15 bits per heavy atom. The summed E-state index contributed by atoms with van der Waals surface area (Å²) >= 11 is 3.94. The third-order valence-corrected chi connectivity index (χ3v) is 7.16. The highest BCUT2D eigenvalue weighted by molar-refractivity contribution is 14.1. The lowest BCUT2D eigenvalue weighted by Gasteiger charge is -2.20. The van der Waals surface area contributed by atoms with Gasteiger partial charge in [0.25, 0.3) is 0 Å². The van der Waals surface area contributed by atoms with Crippen LogP contribution in [0.25, 0.3) is 0 Å². The summed E-state index contributed by atoms with van der Waals surface area (Å²) in [6, 6.07) is 17.1. The van der Waals surface area contributed by atoms with E-state index in [-0.39, 0.29) is 6.54 Å². The van der Waals surface area contributed by atoms with Crippen LogP contribution in [0.4, 0.5) is 0 Å². The molecule has 0 aliphatic carbocycles. The van der Waals surface area contributed by atoms with Gasteiger partial charge >= 0.3 is 0 Å². The second-order valence-electron chi connectivity index (χ2n) is 5.67. The van der Waals surface area contributed by atoms with Crippen LogP contribution in [0.5, 0.6) is 0 Å². The van der Waals surface area contributed by atoms with Gasteiger partial charge in [-0.05, 0) is 53.8 Å². The maximum Gasteiger partial charge on any atom is 0.243 e. The average molecular weight is 499 g/mol. The van der Waals surface area contributed by atoms with E-state index in [2.05, 4.69) is 47.4 Å². The molecule has 2 rings (SSSR count). The van der Waals surface area contributed by atoms with Crippen molar-refractivity contribution in [2.24, 2.45) is 0 Å². The minimum atomic E-state index is -3.54. The van der Waals surface area contributed by atoms with Crippen LogP contribution in [0.2, 0.25) is 0 Å². The van der Waals surface area contributed by atoms with Gasteiger partial charge in [0.15, 0.2) is 0 Å². The lowest BCUT2D eigenvalue weighted by atomic mass is 10.2. The highest BCUT2D eigenvalue weighted by Gasteiger charge is 2.23. The Hall–Kier alpha value is -1.09. The van der Waals surface area contributed by atoms with E-state index >= 15 is 0 Å². The summed E-state index contributed by atoms with van der Waals surface area (Å²) in [4.78, 5) is 1.51. The van der Waals surface area contributed by atoms with E-state index in [1.165, 1.54) is 9.20 Å².